The lowest BCUT2D eigenvalue weighted by Gasteiger charge is -2.30. The van der Waals surface area contributed by atoms with Crippen molar-refractivity contribution in [3.63, 3.8) is 0 Å². The van der Waals surface area contributed by atoms with Crippen molar-refractivity contribution in [1.29, 1.82) is 0 Å². The summed E-state index contributed by atoms with van der Waals surface area (Å²) in [4.78, 5) is 19.3. The minimum absolute atomic E-state index is 0.135. The second kappa shape index (κ2) is 14.3. The average molecular weight is 544 g/mol. The van der Waals surface area contributed by atoms with Gasteiger partial charge in [0.25, 0.3) is 0 Å². The Balaban J connectivity index is 0.000000179. The van der Waals surface area contributed by atoms with Gasteiger partial charge in [0.1, 0.15) is 0 Å². The van der Waals surface area contributed by atoms with Crippen LogP contribution in [-0.4, -0.2) is 91.2 Å². The minimum atomic E-state index is 0.135. The highest BCUT2D eigenvalue weighted by atomic mass is 32.2. The van der Waals surface area contributed by atoms with E-state index in [1.54, 1.807) is 6.92 Å². The van der Waals surface area contributed by atoms with Gasteiger partial charge in [0.15, 0.2) is 5.78 Å². The number of carbonyl (C=O) groups is 1. The molecule has 0 aromatic heterocycles. The van der Waals surface area contributed by atoms with E-state index in [-0.39, 0.29) is 5.78 Å². The second-order valence-electron chi connectivity index (χ2n) is 9.14. The van der Waals surface area contributed by atoms with Crippen molar-refractivity contribution in [3.8, 4) is 0 Å². The third-order valence-corrected chi connectivity index (χ3v) is 8.97. The molecule has 5 rings (SSSR count). The molecule has 3 heterocycles. The number of benzene rings is 2. The minimum Gasteiger partial charge on any atom is -0.378 e. The maximum atomic E-state index is 11.1. The van der Waals surface area contributed by atoms with Crippen LogP contribution in [0.2, 0.25) is 0 Å². The number of rotatable bonds is 5. The Kier molecular flexibility index (Phi) is 10.8. The molecule has 0 bridgehead atoms. The van der Waals surface area contributed by atoms with Gasteiger partial charge in [-0.3, -0.25) is 4.79 Å². The lowest BCUT2D eigenvalue weighted by molar-refractivity contribution is 0.0684. The second-order valence-corrected chi connectivity index (χ2v) is 12.1. The average Bonchev–Trinajstić information content (AvgIpc) is 2.95. The van der Waals surface area contributed by atoms with Gasteiger partial charge in [-0.1, -0.05) is 24.4 Å². The first-order valence-corrected chi connectivity index (χ1v) is 15.5. The predicted molar refractivity (Wildman–Crippen MR) is 161 cm³/mol. The van der Waals surface area contributed by atoms with E-state index in [2.05, 4.69) is 39.0 Å². The Labute approximate surface area is 229 Å². The van der Waals surface area contributed by atoms with Gasteiger partial charge in [0.2, 0.25) is 0 Å². The standard InChI is InChI=1S/C16H22N2OS2.C12H15NOS/c20-16(18-5-9-19-10-6-18)13-14-1-3-15(4-2-14)17-7-11-21-12-8-17;1-10(14)11-2-4-12(5-3-11)13-6-8-15-9-7-13/h1-4H,5-13H2;2-5H,6-9H2,1H3. The molecule has 3 fully saturated rings. The Morgan fingerprint density at radius 1 is 0.778 bits per heavy atom. The Hall–Kier alpha value is -1.74. The highest BCUT2D eigenvalue weighted by Crippen LogP contribution is 2.21. The van der Waals surface area contributed by atoms with Crippen molar-refractivity contribution in [3.05, 3.63) is 59.7 Å². The molecule has 3 aliphatic heterocycles. The van der Waals surface area contributed by atoms with E-state index in [9.17, 15) is 4.79 Å². The summed E-state index contributed by atoms with van der Waals surface area (Å²) in [5.41, 5.74) is 4.68. The van der Waals surface area contributed by atoms with E-state index in [1.165, 1.54) is 39.9 Å². The van der Waals surface area contributed by atoms with Crippen molar-refractivity contribution >= 4 is 57.9 Å². The number of morpholine rings is 1. The van der Waals surface area contributed by atoms with Gasteiger partial charge in [0, 0.05) is 85.6 Å². The molecule has 2 aromatic rings. The van der Waals surface area contributed by atoms with Gasteiger partial charge < -0.3 is 19.4 Å². The van der Waals surface area contributed by atoms with Crippen LogP contribution in [-0.2, 0) is 11.2 Å². The van der Waals surface area contributed by atoms with Gasteiger partial charge in [-0.05, 0) is 48.9 Å². The molecule has 2 aromatic carbocycles. The number of carbonyl (C=O) groups excluding carboxylic acids is 1. The van der Waals surface area contributed by atoms with Crippen LogP contribution in [0.3, 0.4) is 0 Å². The maximum Gasteiger partial charge on any atom is 0.159 e. The SMILES string of the molecule is CC(=O)c1ccc(N2CCSCC2)cc1.S=C(Cc1ccc(N2CCSCC2)cc1)N1CCOCC1. The van der Waals surface area contributed by atoms with Crippen LogP contribution in [0.4, 0.5) is 11.4 Å². The maximum absolute atomic E-state index is 11.1. The summed E-state index contributed by atoms with van der Waals surface area (Å²) < 4.78 is 5.37. The first kappa shape index (κ1) is 27.3. The normalized spacial score (nSPS) is 18.3. The van der Waals surface area contributed by atoms with E-state index in [1.807, 2.05) is 47.8 Å². The molecule has 0 unspecified atom stereocenters. The van der Waals surface area contributed by atoms with Gasteiger partial charge in [-0.2, -0.15) is 23.5 Å². The van der Waals surface area contributed by atoms with Crippen molar-refractivity contribution in [2.45, 2.75) is 13.3 Å². The van der Waals surface area contributed by atoms with Crippen LogP contribution >= 0.6 is 35.7 Å². The van der Waals surface area contributed by atoms with E-state index in [0.29, 0.717) is 0 Å². The molecule has 0 atom stereocenters. The van der Waals surface area contributed by atoms with Crippen molar-refractivity contribution in [2.24, 2.45) is 0 Å². The highest BCUT2D eigenvalue weighted by molar-refractivity contribution is 7.99. The summed E-state index contributed by atoms with van der Waals surface area (Å²) in [7, 11) is 0. The van der Waals surface area contributed by atoms with Crippen molar-refractivity contribution < 1.29 is 9.53 Å². The number of hydrogen-bond donors (Lipinski definition) is 0. The molecule has 0 N–H and O–H groups in total. The fourth-order valence-corrected chi connectivity index (χ4v) is 6.63. The van der Waals surface area contributed by atoms with E-state index < -0.39 is 0 Å². The number of hydrogen-bond acceptors (Lipinski definition) is 7. The van der Waals surface area contributed by atoms with Crippen molar-refractivity contribution in [2.75, 3.05) is 85.3 Å². The fourth-order valence-electron chi connectivity index (χ4n) is 4.47. The largest absolute Gasteiger partial charge is 0.378 e. The third kappa shape index (κ3) is 8.13. The summed E-state index contributed by atoms with van der Waals surface area (Å²) in [5.74, 6) is 5.02. The van der Waals surface area contributed by atoms with Crippen molar-refractivity contribution in [1.82, 2.24) is 4.90 Å². The molecule has 3 saturated heterocycles. The first-order valence-electron chi connectivity index (χ1n) is 12.8. The molecule has 8 heteroatoms. The van der Waals surface area contributed by atoms with Crippen LogP contribution in [0, 0.1) is 0 Å². The Morgan fingerprint density at radius 2 is 1.25 bits per heavy atom. The van der Waals surface area contributed by atoms with Gasteiger partial charge in [-0.15, -0.1) is 0 Å². The number of thioether (sulfide) groups is 2. The summed E-state index contributed by atoms with van der Waals surface area (Å²) in [5, 5.41) is 0. The van der Waals surface area contributed by atoms with Crippen LogP contribution < -0.4 is 9.80 Å². The molecule has 0 aliphatic carbocycles. The number of anilines is 2. The van der Waals surface area contributed by atoms with E-state index >= 15 is 0 Å². The number of ketones is 1. The quantitative estimate of drug-likeness (QED) is 0.390. The summed E-state index contributed by atoms with van der Waals surface area (Å²) in [6.45, 7) is 9.62. The summed E-state index contributed by atoms with van der Waals surface area (Å²) in [6.07, 6.45) is 0.867. The van der Waals surface area contributed by atoms with Crippen LogP contribution in [0.5, 0.6) is 0 Å². The van der Waals surface area contributed by atoms with Gasteiger partial charge in [0.05, 0.1) is 18.2 Å². The number of ether oxygens (including phenoxy) is 1. The van der Waals surface area contributed by atoms with Gasteiger partial charge >= 0.3 is 0 Å². The lowest BCUT2D eigenvalue weighted by Crippen LogP contribution is -2.40. The van der Waals surface area contributed by atoms with E-state index in [0.717, 1.165) is 69.5 Å². The molecule has 194 valence electrons. The Morgan fingerprint density at radius 3 is 1.72 bits per heavy atom. The molecular formula is C28H37N3O2S3. The number of thiocarbonyl (C=S) groups is 1. The zero-order valence-electron chi connectivity index (χ0n) is 21.2. The molecular weight excluding hydrogens is 507 g/mol. The third-order valence-electron chi connectivity index (χ3n) is 6.68. The van der Waals surface area contributed by atoms with Crippen LogP contribution in [0.25, 0.3) is 0 Å². The van der Waals surface area contributed by atoms with Gasteiger partial charge in [-0.25, -0.2) is 0 Å². The molecule has 0 amide bonds. The summed E-state index contributed by atoms with van der Waals surface area (Å²) in [6, 6.07) is 16.9. The molecule has 0 radical (unpaired) electrons. The predicted octanol–water partition coefficient (Wildman–Crippen LogP) is 4.88. The smallest absolute Gasteiger partial charge is 0.159 e. The fraction of sp³-hybridized carbons (Fsp3) is 0.500. The molecule has 0 saturated carbocycles. The topological polar surface area (TPSA) is 36.0 Å². The zero-order chi connectivity index (χ0) is 25.2. The molecule has 3 aliphatic rings. The highest BCUT2D eigenvalue weighted by Gasteiger charge is 2.15. The number of Topliss-reactive ketones (excluding diaryl/α,β-unsaturated/α-hetero) is 1. The van der Waals surface area contributed by atoms with E-state index in [4.69, 9.17) is 17.0 Å². The summed E-state index contributed by atoms with van der Waals surface area (Å²) >= 11 is 9.62. The lowest BCUT2D eigenvalue weighted by atomic mass is 10.1. The molecule has 0 spiro atoms. The number of nitrogens with zero attached hydrogens (tertiary/aromatic N) is 3. The monoisotopic (exact) mass is 543 g/mol. The first-order chi connectivity index (χ1) is 17.6. The van der Waals surface area contributed by atoms with Crippen LogP contribution in [0.15, 0.2) is 48.5 Å². The molecule has 36 heavy (non-hydrogen) atoms. The Bertz CT molecular complexity index is 967. The zero-order valence-corrected chi connectivity index (χ0v) is 23.6. The van der Waals surface area contributed by atoms with Crippen LogP contribution in [0.1, 0.15) is 22.8 Å². The molecule has 5 nitrogen and oxygen atoms in total.